The highest BCUT2D eigenvalue weighted by atomic mass is 35.5. The third-order valence-electron chi connectivity index (χ3n) is 2.26. The van der Waals surface area contributed by atoms with Gasteiger partial charge in [0.25, 0.3) is 5.56 Å². The van der Waals surface area contributed by atoms with Crippen LogP contribution in [-0.4, -0.2) is 26.4 Å². The number of hydrogen-bond donors (Lipinski definition) is 0. The van der Waals surface area contributed by atoms with Crippen molar-refractivity contribution in [3.63, 3.8) is 0 Å². The Morgan fingerprint density at radius 3 is 2.88 bits per heavy atom. The van der Waals surface area contributed by atoms with Crippen LogP contribution in [-0.2, 0) is 13.6 Å². The van der Waals surface area contributed by atoms with Crippen LogP contribution in [0, 0.1) is 0 Å². The Bertz CT molecular complexity index is 590. The van der Waals surface area contributed by atoms with Gasteiger partial charge in [-0.05, 0) is 6.07 Å². The normalized spacial score (nSPS) is 10.5. The second kappa shape index (κ2) is 4.58. The van der Waals surface area contributed by atoms with Crippen LogP contribution in [0.5, 0.6) is 5.75 Å². The van der Waals surface area contributed by atoms with Crippen molar-refractivity contribution in [2.24, 2.45) is 7.05 Å². The van der Waals surface area contributed by atoms with Crippen LogP contribution in [0.2, 0.25) is 5.15 Å². The second-order valence-corrected chi connectivity index (χ2v) is 3.84. The second-order valence-electron chi connectivity index (χ2n) is 3.48. The molecule has 0 spiro atoms. The van der Waals surface area contributed by atoms with Crippen molar-refractivity contribution in [3.05, 3.63) is 39.8 Å². The van der Waals surface area contributed by atoms with Crippen LogP contribution in [0.4, 0.5) is 0 Å². The predicted octanol–water partition coefficient (Wildman–Crippen LogP) is 0.687. The summed E-state index contributed by atoms with van der Waals surface area (Å²) in [5.74, 6) is 0.0464. The van der Waals surface area contributed by atoms with Gasteiger partial charge in [0.2, 0.25) is 5.75 Å². The number of halogens is 1. The van der Waals surface area contributed by atoms with E-state index in [9.17, 15) is 4.79 Å². The van der Waals surface area contributed by atoms with E-state index in [2.05, 4.69) is 10.1 Å². The average Bonchev–Trinajstić information content (AvgIpc) is 2.69. The lowest BCUT2D eigenvalue weighted by molar-refractivity contribution is 0.400. The minimum Gasteiger partial charge on any atom is -0.489 e. The molecule has 0 fully saturated rings. The van der Waals surface area contributed by atoms with Crippen molar-refractivity contribution in [2.45, 2.75) is 6.54 Å². The lowest BCUT2D eigenvalue weighted by atomic mass is 10.4. The minimum atomic E-state index is -0.321. The lowest BCUT2D eigenvalue weighted by Gasteiger charge is -2.06. The minimum absolute atomic E-state index is 0.0464. The van der Waals surface area contributed by atoms with Crippen molar-refractivity contribution < 1.29 is 4.74 Å². The van der Waals surface area contributed by atoms with Crippen LogP contribution in [0.1, 0.15) is 5.69 Å². The number of aryl methyl sites for hydroxylation is 1. The van der Waals surface area contributed by atoms with E-state index in [4.69, 9.17) is 16.3 Å². The van der Waals surface area contributed by atoms with Gasteiger partial charge in [0.05, 0.1) is 25.7 Å². The monoisotopic (exact) mass is 254 g/mol. The van der Waals surface area contributed by atoms with Crippen molar-refractivity contribution in [1.82, 2.24) is 19.3 Å². The average molecular weight is 255 g/mol. The molecule has 0 saturated carbocycles. The zero-order valence-electron chi connectivity index (χ0n) is 9.42. The zero-order valence-corrected chi connectivity index (χ0v) is 10.2. The predicted molar refractivity (Wildman–Crippen MR) is 62.4 cm³/mol. The van der Waals surface area contributed by atoms with Gasteiger partial charge in [0, 0.05) is 13.2 Å². The van der Waals surface area contributed by atoms with Crippen molar-refractivity contribution >= 4 is 11.6 Å². The Kier molecular flexibility index (Phi) is 3.14. The van der Waals surface area contributed by atoms with Crippen LogP contribution >= 0.6 is 11.6 Å². The molecular formula is C10H11ClN4O2. The molecule has 6 nitrogen and oxygen atoms in total. The fraction of sp³-hybridized carbons (Fsp3) is 0.300. The topological polar surface area (TPSA) is 61.9 Å². The van der Waals surface area contributed by atoms with Gasteiger partial charge in [0.1, 0.15) is 0 Å². The van der Waals surface area contributed by atoms with E-state index in [1.807, 2.05) is 13.1 Å². The lowest BCUT2D eigenvalue weighted by Crippen LogP contribution is -2.22. The molecule has 0 saturated heterocycles. The largest absolute Gasteiger partial charge is 0.489 e. The summed E-state index contributed by atoms with van der Waals surface area (Å²) in [6, 6.07) is 1.83. The third kappa shape index (κ3) is 2.31. The highest BCUT2D eigenvalue weighted by Crippen LogP contribution is 2.14. The number of hydrogen-bond acceptors (Lipinski definition) is 4. The van der Waals surface area contributed by atoms with Crippen molar-refractivity contribution in [1.29, 1.82) is 0 Å². The molecule has 0 aliphatic heterocycles. The summed E-state index contributed by atoms with van der Waals surface area (Å²) < 4.78 is 7.97. The van der Waals surface area contributed by atoms with Gasteiger partial charge >= 0.3 is 0 Å². The quantitative estimate of drug-likeness (QED) is 0.756. The molecule has 2 aromatic rings. The van der Waals surface area contributed by atoms with Gasteiger partial charge in [0.15, 0.2) is 5.15 Å². The molecule has 0 amide bonds. The standard InChI is InChI=1S/C10H11ClN4O2/c1-14-4-3-7(13-14)5-15-6-12-9(11)8(17-2)10(15)16/h3-4,6H,5H2,1-2H3. The van der Waals surface area contributed by atoms with Crippen LogP contribution in [0.3, 0.4) is 0 Å². The van der Waals surface area contributed by atoms with Crippen LogP contribution in [0.25, 0.3) is 0 Å². The first-order valence-electron chi connectivity index (χ1n) is 4.89. The molecule has 0 unspecified atom stereocenters. The van der Waals surface area contributed by atoms with Crippen LogP contribution < -0.4 is 10.3 Å². The van der Waals surface area contributed by atoms with Gasteiger partial charge in [-0.15, -0.1) is 0 Å². The number of methoxy groups -OCH3 is 1. The molecule has 0 aliphatic carbocycles. The van der Waals surface area contributed by atoms with Crippen molar-refractivity contribution in [2.75, 3.05) is 7.11 Å². The smallest absolute Gasteiger partial charge is 0.297 e. The summed E-state index contributed by atoms with van der Waals surface area (Å²) in [7, 11) is 3.20. The molecule has 2 aromatic heterocycles. The fourth-order valence-electron chi connectivity index (χ4n) is 1.46. The molecule has 7 heteroatoms. The molecule has 0 aliphatic rings. The molecule has 2 heterocycles. The Balaban J connectivity index is 2.37. The molecule has 2 rings (SSSR count). The first-order chi connectivity index (χ1) is 8.11. The summed E-state index contributed by atoms with van der Waals surface area (Å²) in [6.07, 6.45) is 3.18. The first kappa shape index (κ1) is 11.7. The summed E-state index contributed by atoms with van der Waals surface area (Å²) in [4.78, 5) is 15.8. The van der Waals surface area contributed by atoms with Crippen LogP contribution in [0.15, 0.2) is 23.4 Å². The van der Waals surface area contributed by atoms with Gasteiger partial charge in [-0.3, -0.25) is 14.0 Å². The number of ether oxygens (including phenoxy) is 1. The fourth-order valence-corrected chi connectivity index (χ4v) is 1.66. The maximum atomic E-state index is 11.9. The SMILES string of the molecule is COc1c(Cl)ncn(Cc2ccn(C)n2)c1=O. The van der Waals surface area contributed by atoms with E-state index in [1.54, 1.807) is 10.9 Å². The maximum absolute atomic E-state index is 11.9. The Morgan fingerprint density at radius 1 is 1.53 bits per heavy atom. The number of aromatic nitrogens is 4. The molecule has 0 aromatic carbocycles. The van der Waals surface area contributed by atoms with Gasteiger partial charge in [-0.1, -0.05) is 11.6 Å². The summed E-state index contributed by atoms with van der Waals surface area (Å²) in [6.45, 7) is 0.334. The molecule has 17 heavy (non-hydrogen) atoms. The maximum Gasteiger partial charge on any atom is 0.297 e. The van der Waals surface area contributed by atoms with E-state index < -0.39 is 0 Å². The Morgan fingerprint density at radius 2 is 2.29 bits per heavy atom. The van der Waals surface area contributed by atoms with Gasteiger partial charge in [-0.2, -0.15) is 5.10 Å². The van der Waals surface area contributed by atoms with E-state index >= 15 is 0 Å². The van der Waals surface area contributed by atoms with Gasteiger partial charge < -0.3 is 4.74 Å². The molecule has 0 N–H and O–H groups in total. The highest BCUT2D eigenvalue weighted by Gasteiger charge is 2.11. The molecule has 0 radical (unpaired) electrons. The summed E-state index contributed by atoms with van der Waals surface area (Å²) in [5.41, 5.74) is 0.443. The van der Waals surface area contributed by atoms with Gasteiger partial charge in [-0.25, -0.2) is 4.98 Å². The third-order valence-corrected chi connectivity index (χ3v) is 2.53. The number of nitrogens with zero attached hydrogens (tertiary/aromatic N) is 4. The first-order valence-corrected chi connectivity index (χ1v) is 5.27. The summed E-state index contributed by atoms with van der Waals surface area (Å²) in [5, 5.41) is 4.24. The molecular weight excluding hydrogens is 244 g/mol. The molecule has 0 atom stereocenters. The zero-order chi connectivity index (χ0) is 12.4. The Labute approximate surface area is 102 Å². The summed E-state index contributed by atoms with van der Waals surface area (Å²) >= 11 is 5.74. The van der Waals surface area contributed by atoms with Crippen molar-refractivity contribution in [3.8, 4) is 5.75 Å². The van der Waals surface area contributed by atoms with E-state index in [-0.39, 0.29) is 16.5 Å². The van der Waals surface area contributed by atoms with E-state index in [1.165, 1.54) is 18.0 Å². The number of rotatable bonds is 3. The molecule has 0 bridgehead atoms. The van der Waals surface area contributed by atoms with E-state index in [0.717, 1.165) is 5.69 Å². The highest BCUT2D eigenvalue weighted by molar-refractivity contribution is 6.30. The van der Waals surface area contributed by atoms with E-state index in [0.29, 0.717) is 6.54 Å². The Hall–Kier alpha value is -1.82. The molecule has 90 valence electrons.